The predicted octanol–water partition coefficient (Wildman–Crippen LogP) is -1.32. The van der Waals surface area contributed by atoms with Crippen molar-refractivity contribution >= 4 is 69.0 Å². The molecule has 34 heteroatoms. The Bertz CT molecular complexity index is 2910. The third-order valence-corrected chi connectivity index (χ3v) is 17.1. The van der Waals surface area contributed by atoms with Crippen LogP contribution >= 0.6 is 0 Å². The summed E-state index contributed by atoms with van der Waals surface area (Å²) < 4.78 is 73.9. The van der Waals surface area contributed by atoms with Crippen LogP contribution in [0.1, 0.15) is 107 Å². The van der Waals surface area contributed by atoms with E-state index >= 15 is 0 Å². The molecule has 9 N–H and O–H groups in total. The van der Waals surface area contributed by atoms with Crippen LogP contribution in [-0.2, 0) is 108 Å². The Hall–Kier alpha value is -7.41. The zero-order chi connectivity index (χ0) is 71.4. The fourth-order valence-electron chi connectivity index (χ4n) is 9.13. The lowest BCUT2D eigenvalue weighted by molar-refractivity contribution is -0.141. The summed E-state index contributed by atoms with van der Waals surface area (Å²) >= 11 is 0. The molecule has 550 valence electrons. The quantitative estimate of drug-likeness (QED) is 0.0211. The summed E-state index contributed by atoms with van der Waals surface area (Å²) in [5.74, 6) is -6.37. The minimum Gasteiger partial charge on any atom is -0.481 e. The van der Waals surface area contributed by atoms with Crippen molar-refractivity contribution in [3.8, 4) is 0 Å². The third kappa shape index (κ3) is 35.4. The first-order valence-corrected chi connectivity index (χ1v) is 34.7. The van der Waals surface area contributed by atoms with Crippen molar-refractivity contribution in [3.63, 3.8) is 0 Å². The predicted molar refractivity (Wildman–Crippen MR) is 350 cm³/mol. The molecular weight excluding hydrogens is 1310 g/mol. The molecule has 0 spiro atoms. The standard InChI is InChI=1S/C64H101N11O22S/c1-5-89-25-26-91-29-30-93-33-34-95-37-38-96-36-35-94-32-31-92-28-27-90-24-19-54(77)65-20-10-9-13-50(72-55(78)18-23-75-22-17-49-48(62(75)86)41-70-63(74-49)98(87,88)64(2,3)4)60(84)66-21-16-53(76)67-42-56(79)68-44-58(81)73-51(39-46-11-7-6-8-12-46)61(85)69-43-57(80)71-45-97-52(40-59(82)83)47-14-15-47/h6-8,11-12,41,47,50-52H,5,9-10,13-40,42-45H2,1-4H3,(H,65,77)(H,66,84)(H,67,76)(H,68,79)(H,69,85)(H,71,80)(H,72,78)(H,73,81)(H,82,83)/t50-,51-,52-/m0/s1. The van der Waals surface area contributed by atoms with Gasteiger partial charge in [0, 0.05) is 71.1 Å². The van der Waals surface area contributed by atoms with Crippen molar-refractivity contribution in [1.82, 2.24) is 57.4 Å². The van der Waals surface area contributed by atoms with Gasteiger partial charge in [0.05, 0.1) is 147 Å². The van der Waals surface area contributed by atoms with Gasteiger partial charge in [-0.3, -0.25) is 47.9 Å². The molecule has 98 heavy (non-hydrogen) atoms. The fraction of sp³-hybridized carbons (Fsp3) is 0.688. The third-order valence-electron chi connectivity index (χ3n) is 14.8. The molecule has 1 aromatic heterocycles. The van der Waals surface area contributed by atoms with Crippen LogP contribution in [0.3, 0.4) is 0 Å². The van der Waals surface area contributed by atoms with E-state index < -0.39 is 106 Å². The van der Waals surface area contributed by atoms with Gasteiger partial charge in [0.25, 0.3) is 5.91 Å². The molecule has 2 aromatic rings. The lowest BCUT2D eigenvalue weighted by Crippen LogP contribution is -2.52. The number of unbranched alkanes of at least 4 members (excludes halogenated alkanes) is 1. The van der Waals surface area contributed by atoms with E-state index in [1.807, 2.05) is 6.92 Å². The van der Waals surface area contributed by atoms with Gasteiger partial charge in [-0.05, 0) is 71.3 Å². The van der Waals surface area contributed by atoms with Crippen LogP contribution in [0.5, 0.6) is 0 Å². The minimum atomic E-state index is -3.89. The van der Waals surface area contributed by atoms with Crippen molar-refractivity contribution in [1.29, 1.82) is 0 Å². The maximum atomic E-state index is 13.6. The average Bonchev–Trinajstić information content (AvgIpc) is 0.863. The van der Waals surface area contributed by atoms with Crippen LogP contribution in [-0.4, -0.2) is 269 Å². The van der Waals surface area contributed by atoms with Gasteiger partial charge in [0.15, 0.2) is 0 Å². The summed E-state index contributed by atoms with van der Waals surface area (Å²) in [4.78, 5) is 138. The number of nitrogens with zero attached hydrogens (tertiary/aromatic N) is 3. The van der Waals surface area contributed by atoms with E-state index in [4.69, 9.17) is 47.7 Å². The highest BCUT2D eigenvalue weighted by molar-refractivity contribution is 7.92. The fourth-order valence-corrected chi connectivity index (χ4v) is 10.1. The molecule has 2 heterocycles. The van der Waals surface area contributed by atoms with Gasteiger partial charge in [-0.25, -0.2) is 18.4 Å². The molecule has 1 aliphatic heterocycles. The van der Waals surface area contributed by atoms with E-state index in [2.05, 4.69) is 52.5 Å². The number of carbonyl (C=O) groups excluding carboxylic acids is 9. The van der Waals surface area contributed by atoms with Gasteiger partial charge in [0.2, 0.25) is 62.3 Å². The van der Waals surface area contributed by atoms with Gasteiger partial charge in [-0.1, -0.05) is 30.3 Å². The van der Waals surface area contributed by atoms with Crippen LogP contribution in [0.4, 0.5) is 0 Å². The number of nitrogens with one attached hydrogen (secondary N) is 8. The van der Waals surface area contributed by atoms with Crippen LogP contribution < -0.4 is 42.5 Å². The lowest BCUT2D eigenvalue weighted by atomic mass is 10.1. The highest BCUT2D eigenvalue weighted by Crippen LogP contribution is 2.35. The van der Waals surface area contributed by atoms with Gasteiger partial charge in [-0.2, -0.15) is 0 Å². The summed E-state index contributed by atoms with van der Waals surface area (Å²) in [7, 11) is -3.89. The van der Waals surface area contributed by atoms with Crippen molar-refractivity contribution < 1.29 is 104 Å². The lowest BCUT2D eigenvalue weighted by Gasteiger charge is -2.28. The SMILES string of the molecule is CCOCCOCCOCCOCCOCCOCCOCCOCCC(=O)NCCCC[C@H](NC(=O)CCN1CCc2nc(S(=O)(=O)C(C)(C)C)ncc2C1=O)C(=O)NCCC(=O)NCC(=O)NCC(=O)N[C@@H](Cc1ccccc1)C(=O)NCC(=O)NCO[C@@H](CC(=O)O)C1CC1. The summed E-state index contributed by atoms with van der Waals surface area (Å²) in [6, 6.07) is 6.43. The molecule has 1 saturated carbocycles. The van der Waals surface area contributed by atoms with E-state index in [9.17, 15) is 56.4 Å². The molecule has 2 aliphatic rings. The van der Waals surface area contributed by atoms with Gasteiger partial charge in [-0.15, -0.1) is 0 Å². The summed E-state index contributed by atoms with van der Waals surface area (Å²) in [5, 5.41) is 29.2. The van der Waals surface area contributed by atoms with Crippen LogP contribution in [0, 0.1) is 5.92 Å². The number of sulfone groups is 1. The van der Waals surface area contributed by atoms with E-state index in [-0.39, 0.29) is 119 Å². The summed E-state index contributed by atoms with van der Waals surface area (Å²) in [5.41, 5.74) is 1.06. The van der Waals surface area contributed by atoms with Gasteiger partial charge < -0.3 is 95.2 Å². The monoisotopic (exact) mass is 1410 g/mol. The smallest absolute Gasteiger partial charge is 0.305 e. The number of benzene rings is 1. The maximum absolute atomic E-state index is 13.6. The second kappa shape index (κ2) is 47.6. The molecule has 0 unspecified atom stereocenters. The summed E-state index contributed by atoms with van der Waals surface area (Å²) in [6.07, 6.45) is 2.79. The van der Waals surface area contributed by atoms with Crippen molar-refractivity contribution in [3.05, 3.63) is 53.3 Å². The molecule has 9 amide bonds. The van der Waals surface area contributed by atoms with Crippen LogP contribution in [0.2, 0.25) is 0 Å². The normalized spacial score (nSPS) is 13.9. The Balaban J connectivity index is 1.14. The molecule has 4 rings (SSSR count). The second-order valence-electron chi connectivity index (χ2n) is 23.6. The molecule has 0 bridgehead atoms. The highest BCUT2D eigenvalue weighted by Gasteiger charge is 2.37. The first-order valence-electron chi connectivity index (χ1n) is 33.2. The number of carboxylic acid groups (broad SMARTS) is 1. The summed E-state index contributed by atoms with van der Waals surface area (Å²) in [6.45, 7) is 11.5. The number of amides is 9. The number of aliphatic carboxylic acids is 1. The van der Waals surface area contributed by atoms with Crippen LogP contribution in [0.25, 0.3) is 0 Å². The Kier molecular flexibility index (Phi) is 40.3. The van der Waals surface area contributed by atoms with Crippen molar-refractivity contribution in [2.24, 2.45) is 5.92 Å². The van der Waals surface area contributed by atoms with E-state index in [1.54, 1.807) is 30.3 Å². The van der Waals surface area contributed by atoms with Gasteiger partial charge in [0.1, 0.15) is 18.8 Å². The number of aromatic nitrogens is 2. The Morgan fingerprint density at radius 3 is 1.71 bits per heavy atom. The largest absolute Gasteiger partial charge is 0.481 e. The number of ether oxygens (including phenoxy) is 9. The maximum Gasteiger partial charge on any atom is 0.305 e. The number of hydrogen-bond acceptors (Lipinski definition) is 23. The van der Waals surface area contributed by atoms with Crippen molar-refractivity contribution in [2.45, 2.75) is 126 Å². The Labute approximate surface area is 572 Å². The first-order chi connectivity index (χ1) is 47.1. The van der Waals surface area contributed by atoms with Crippen molar-refractivity contribution in [2.75, 3.05) is 158 Å². The Morgan fingerprint density at radius 2 is 1.13 bits per heavy atom. The zero-order valence-electron chi connectivity index (χ0n) is 56.8. The average molecular weight is 1410 g/mol. The molecule has 1 aromatic carbocycles. The molecule has 0 saturated heterocycles. The number of rotatable bonds is 55. The second-order valence-corrected chi connectivity index (χ2v) is 26.2. The number of carbonyl (C=O) groups is 10. The van der Waals surface area contributed by atoms with Gasteiger partial charge >= 0.3 is 5.97 Å². The molecule has 0 radical (unpaired) electrons. The number of hydrogen-bond donors (Lipinski definition) is 9. The first kappa shape index (κ1) is 83.0. The molecule has 33 nitrogen and oxygen atoms in total. The number of carboxylic acids is 1. The van der Waals surface area contributed by atoms with E-state index in [0.29, 0.717) is 111 Å². The highest BCUT2D eigenvalue weighted by atomic mass is 32.2. The molecule has 1 aliphatic carbocycles. The van der Waals surface area contributed by atoms with E-state index in [0.717, 1.165) is 12.8 Å². The Morgan fingerprint density at radius 1 is 0.602 bits per heavy atom. The van der Waals surface area contributed by atoms with E-state index in [1.165, 1.54) is 31.9 Å². The zero-order valence-corrected chi connectivity index (χ0v) is 57.6. The van der Waals surface area contributed by atoms with Crippen LogP contribution in [0.15, 0.2) is 41.7 Å². The molecule has 1 fully saturated rings. The topological polar surface area (TPSA) is 433 Å². The molecular formula is C64H101N11O22S. The molecule has 3 atom stereocenters. The minimum absolute atomic E-state index is 0.0267. The number of fused-ring (bicyclic) bond motifs is 1.